The zero-order valence-corrected chi connectivity index (χ0v) is 19.1. The van der Waals surface area contributed by atoms with E-state index in [4.69, 9.17) is 0 Å². The first-order valence-electron chi connectivity index (χ1n) is 12.0. The molecule has 5 nitrogen and oxygen atoms in total. The Morgan fingerprint density at radius 1 is 1.14 bits per heavy atom. The summed E-state index contributed by atoms with van der Waals surface area (Å²) in [6.07, 6.45) is 8.13. The molecule has 0 aromatic rings. The molecule has 164 valence electrons. The van der Waals surface area contributed by atoms with Crippen LogP contribution in [0.4, 0.5) is 4.79 Å². The number of piperidine rings is 2. The number of nitrogens with zero attached hydrogens (tertiary/aromatic N) is 1. The number of rotatable bonds is 3. The fraction of sp³-hybridized carbons (Fsp3) is 0.917. The molecule has 4 rings (SSSR count). The smallest absolute Gasteiger partial charge is 0.314 e. The van der Waals surface area contributed by atoms with Crippen LogP contribution in [0.2, 0.25) is 0 Å². The van der Waals surface area contributed by atoms with Crippen molar-refractivity contribution < 1.29 is 9.59 Å². The highest BCUT2D eigenvalue weighted by molar-refractivity contribution is 5.84. The standard InChI is InChI=1S/C24H41N3O2/c1-15(2)26-22(29)25-14-17-6-7-19-18-10-13-27-16(3)21(28)9-12-24(27,5)20(18)8-11-23(17,19)4/h15-20H,6-14H2,1-5H3,(H2,25,26,29)/t16?,17?,18-,19-,20+,23+,24+/m0/s1. The molecule has 2 saturated heterocycles. The summed E-state index contributed by atoms with van der Waals surface area (Å²) in [5, 5.41) is 6.11. The van der Waals surface area contributed by atoms with Gasteiger partial charge in [-0.25, -0.2) is 4.79 Å². The van der Waals surface area contributed by atoms with Crippen molar-refractivity contribution in [3.05, 3.63) is 0 Å². The van der Waals surface area contributed by atoms with E-state index in [0.29, 0.717) is 17.1 Å². The minimum Gasteiger partial charge on any atom is -0.338 e. The molecule has 0 aromatic heterocycles. The van der Waals surface area contributed by atoms with E-state index >= 15 is 0 Å². The van der Waals surface area contributed by atoms with Crippen LogP contribution in [0.1, 0.15) is 79.6 Å². The van der Waals surface area contributed by atoms with Gasteiger partial charge < -0.3 is 10.6 Å². The number of hydrogen-bond acceptors (Lipinski definition) is 3. The summed E-state index contributed by atoms with van der Waals surface area (Å²) < 4.78 is 0. The van der Waals surface area contributed by atoms with Crippen LogP contribution in [0.5, 0.6) is 0 Å². The van der Waals surface area contributed by atoms with E-state index < -0.39 is 0 Å². The van der Waals surface area contributed by atoms with Crippen LogP contribution in [0, 0.1) is 29.1 Å². The minimum atomic E-state index is -0.0255. The Balaban J connectivity index is 1.46. The van der Waals surface area contributed by atoms with Gasteiger partial charge in [-0.1, -0.05) is 6.92 Å². The first kappa shape index (κ1) is 21.1. The average molecular weight is 404 g/mol. The van der Waals surface area contributed by atoms with Gasteiger partial charge in [0.15, 0.2) is 0 Å². The number of carbonyl (C=O) groups excluding carboxylic acids is 2. The van der Waals surface area contributed by atoms with E-state index in [-0.39, 0.29) is 23.7 Å². The van der Waals surface area contributed by atoms with Crippen molar-refractivity contribution in [2.75, 3.05) is 13.1 Å². The molecule has 2 aliphatic carbocycles. The van der Waals surface area contributed by atoms with Gasteiger partial charge in [-0.05, 0) is 102 Å². The van der Waals surface area contributed by atoms with Crippen molar-refractivity contribution in [3.63, 3.8) is 0 Å². The first-order valence-corrected chi connectivity index (χ1v) is 12.0. The summed E-state index contributed by atoms with van der Waals surface area (Å²) >= 11 is 0. The molecule has 2 aliphatic heterocycles. The van der Waals surface area contributed by atoms with Crippen LogP contribution in [0.3, 0.4) is 0 Å². The summed E-state index contributed by atoms with van der Waals surface area (Å²) in [5.74, 6) is 3.30. The molecule has 0 bridgehead atoms. The topological polar surface area (TPSA) is 61.4 Å². The van der Waals surface area contributed by atoms with Crippen LogP contribution >= 0.6 is 0 Å². The highest BCUT2D eigenvalue weighted by atomic mass is 16.2. The van der Waals surface area contributed by atoms with Gasteiger partial charge in [-0.3, -0.25) is 9.69 Å². The molecule has 2 saturated carbocycles. The molecule has 2 amide bonds. The van der Waals surface area contributed by atoms with Crippen molar-refractivity contribution in [2.45, 2.75) is 97.2 Å². The highest BCUT2D eigenvalue weighted by Crippen LogP contribution is 2.63. The zero-order chi connectivity index (χ0) is 21.0. The van der Waals surface area contributed by atoms with E-state index in [0.717, 1.165) is 43.7 Å². The Bertz CT molecular complexity index is 665. The maximum Gasteiger partial charge on any atom is 0.314 e. The lowest BCUT2D eigenvalue weighted by Gasteiger charge is -2.62. The normalized spacial score (nSPS) is 44.8. The third-order valence-corrected chi connectivity index (χ3v) is 9.53. The van der Waals surface area contributed by atoms with E-state index in [1.165, 1.54) is 32.1 Å². The van der Waals surface area contributed by atoms with Gasteiger partial charge in [0.1, 0.15) is 5.78 Å². The lowest BCUT2D eigenvalue weighted by atomic mass is 9.51. The van der Waals surface area contributed by atoms with Gasteiger partial charge in [0.05, 0.1) is 6.04 Å². The van der Waals surface area contributed by atoms with Crippen LogP contribution in [-0.2, 0) is 4.79 Å². The first-order chi connectivity index (χ1) is 13.7. The number of fused-ring (bicyclic) bond motifs is 5. The minimum absolute atomic E-state index is 0.0255. The predicted molar refractivity (Wildman–Crippen MR) is 116 cm³/mol. The maximum absolute atomic E-state index is 12.3. The van der Waals surface area contributed by atoms with Crippen molar-refractivity contribution in [3.8, 4) is 0 Å². The van der Waals surface area contributed by atoms with Gasteiger partial charge in [0.25, 0.3) is 0 Å². The number of carbonyl (C=O) groups is 2. The molecule has 2 unspecified atom stereocenters. The molecule has 2 N–H and O–H groups in total. The molecule has 4 fully saturated rings. The molecule has 4 aliphatic rings. The summed E-state index contributed by atoms with van der Waals surface area (Å²) in [7, 11) is 0. The number of Topliss-reactive ketones (excluding diaryl/α,β-unsaturated/α-hetero) is 1. The van der Waals surface area contributed by atoms with E-state index in [9.17, 15) is 9.59 Å². The third-order valence-electron chi connectivity index (χ3n) is 9.53. The fourth-order valence-electron chi connectivity index (χ4n) is 7.92. The zero-order valence-electron chi connectivity index (χ0n) is 19.1. The highest BCUT2D eigenvalue weighted by Gasteiger charge is 2.60. The number of urea groups is 1. The van der Waals surface area contributed by atoms with Crippen molar-refractivity contribution in [1.29, 1.82) is 0 Å². The van der Waals surface area contributed by atoms with Crippen molar-refractivity contribution in [2.24, 2.45) is 29.1 Å². The summed E-state index contributed by atoms with van der Waals surface area (Å²) in [4.78, 5) is 27.0. The molecule has 0 spiro atoms. The second-order valence-electron chi connectivity index (χ2n) is 11.2. The van der Waals surface area contributed by atoms with Gasteiger partial charge in [-0.15, -0.1) is 0 Å². The average Bonchev–Trinajstić information content (AvgIpc) is 2.99. The van der Waals surface area contributed by atoms with Crippen LogP contribution in [0.25, 0.3) is 0 Å². The quantitative estimate of drug-likeness (QED) is 0.750. The largest absolute Gasteiger partial charge is 0.338 e. The Morgan fingerprint density at radius 3 is 2.62 bits per heavy atom. The Kier molecular flexibility index (Phi) is 5.50. The summed E-state index contributed by atoms with van der Waals surface area (Å²) in [6.45, 7) is 13.0. The SMILES string of the molecule is CC(C)NC(=O)NCC1CC[C@H]2[C@@H]3CCN4C(C)C(=O)CC[C@]4(C)[C@@H]3CC[C@]12C. The Morgan fingerprint density at radius 2 is 1.90 bits per heavy atom. The molecule has 5 heteroatoms. The van der Waals surface area contributed by atoms with Gasteiger partial charge >= 0.3 is 6.03 Å². The van der Waals surface area contributed by atoms with E-state index in [2.05, 4.69) is 36.3 Å². The molecular weight excluding hydrogens is 362 g/mol. The van der Waals surface area contributed by atoms with Gasteiger partial charge in [-0.2, -0.15) is 0 Å². The van der Waals surface area contributed by atoms with Gasteiger partial charge in [0, 0.05) is 24.5 Å². The van der Waals surface area contributed by atoms with Crippen molar-refractivity contribution in [1.82, 2.24) is 15.5 Å². The molecule has 0 radical (unpaired) electrons. The second kappa shape index (κ2) is 7.55. The number of amides is 2. The van der Waals surface area contributed by atoms with Crippen molar-refractivity contribution >= 4 is 11.8 Å². The van der Waals surface area contributed by atoms with E-state index in [1.807, 2.05) is 13.8 Å². The molecule has 0 aromatic carbocycles. The summed E-state index contributed by atoms with van der Waals surface area (Å²) in [5.41, 5.74) is 0.548. The second-order valence-corrected chi connectivity index (χ2v) is 11.2. The van der Waals surface area contributed by atoms with E-state index in [1.54, 1.807) is 0 Å². The van der Waals surface area contributed by atoms with Crippen LogP contribution < -0.4 is 10.6 Å². The lowest BCUT2D eigenvalue weighted by Crippen LogP contribution is -2.67. The molecular formula is C24H41N3O2. The molecule has 7 atom stereocenters. The Hall–Kier alpha value is -1.10. The summed E-state index contributed by atoms with van der Waals surface area (Å²) in [6, 6.07) is 0.249. The third kappa shape index (κ3) is 3.41. The molecule has 29 heavy (non-hydrogen) atoms. The molecule has 2 heterocycles. The Labute approximate surface area is 176 Å². The number of nitrogens with one attached hydrogen (secondary N) is 2. The number of ketones is 1. The maximum atomic E-state index is 12.3. The number of hydrogen-bond donors (Lipinski definition) is 2. The monoisotopic (exact) mass is 403 g/mol. The lowest BCUT2D eigenvalue weighted by molar-refractivity contribution is -0.153. The predicted octanol–water partition coefficient (Wildman–Crippen LogP) is 3.97. The fourth-order valence-corrected chi connectivity index (χ4v) is 7.92. The van der Waals surface area contributed by atoms with Crippen LogP contribution in [-0.4, -0.2) is 47.4 Å². The van der Waals surface area contributed by atoms with Crippen LogP contribution in [0.15, 0.2) is 0 Å². The van der Waals surface area contributed by atoms with Gasteiger partial charge in [0.2, 0.25) is 0 Å².